The Kier molecular flexibility index (Phi) is 7.16. The summed E-state index contributed by atoms with van der Waals surface area (Å²) >= 11 is 1.11. The van der Waals surface area contributed by atoms with Gasteiger partial charge in [-0.15, -0.1) is 5.10 Å². The van der Waals surface area contributed by atoms with E-state index in [4.69, 9.17) is 9.47 Å². The third kappa shape index (κ3) is 5.74. The third-order valence-electron chi connectivity index (χ3n) is 4.60. The van der Waals surface area contributed by atoms with Crippen LogP contribution < -0.4 is 4.74 Å². The van der Waals surface area contributed by atoms with Crippen LogP contribution in [0.3, 0.4) is 0 Å². The van der Waals surface area contributed by atoms with Crippen LogP contribution in [0.2, 0.25) is 0 Å². The van der Waals surface area contributed by atoms with Gasteiger partial charge in [-0.1, -0.05) is 30.5 Å². The summed E-state index contributed by atoms with van der Waals surface area (Å²) in [7, 11) is 1.62. The summed E-state index contributed by atoms with van der Waals surface area (Å²) in [5.74, 6) is 0.704. The molecule has 1 aromatic heterocycles. The van der Waals surface area contributed by atoms with Gasteiger partial charge in [0.05, 0.1) is 19.8 Å². The molecule has 0 spiro atoms. The van der Waals surface area contributed by atoms with Crippen LogP contribution in [0.5, 0.6) is 5.75 Å². The number of rotatable bonds is 7. The quantitative estimate of drug-likeness (QED) is 0.684. The molecule has 156 valence electrons. The Balaban J connectivity index is 1.74. The number of ether oxygens (including phenoxy) is 2. The molecule has 2 amide bonds. The molecule has 1 aromatic carbocycles. The van der Waals surface area contributed by atoms with Crippen molar-refractivity contribution in [1.82, 2.24) is 19.4 Å². The fourth-order valence-electron chi connectivity index (χ4n) is 3.25. The second kappa shape index (κ2) is 9.80. The number of carbonyl (C=O) groups excluding carboxylic acids is 2. The maximum Gasteiger partial charge on any atom is 0.275 e. The maximum atomic E-state index is 12.8. The predicted molar refractivity (Wildman–Crippen MR) is 109 cm³/mol. The first-order valence-electron chi connectivity index (χ1n) is 9.55. The Labute approximate surface area is 174 Å². The van der Waals surface area contributed by atoms with Crippen LogP contribution in [0.1, 0.15) is 29.9 Å². The highest BCUT2D eigenvalue weighted by Crippen LogP contribution is 2.17. The number of hydrogen-bond donors (Lipinski definition) is 0. The molecule has 0 bridgehead atoms. The lowest BCUT2D eigenvalue weighted by Gasteiger charge is -2.26. The average molecular weight is 419 g/mol. The number of nitrogens with zero attached hydrogens (tertiary/aromatic N) is 4. The fourth-order valence-corrected chi connectivity index (χ4v) is 3.68. The predicted octanol–water partition coefficient (Wildman–Crippen LogP) is 2.07. The van der Waals surface area contributed by atoms with E-state index in [1.54, 1.807) is 17.4 Å². The molecular formula is C20H26N4O4S. The number of aromatic nitrogens is 2. The second-order valence-electron chi connectivity index (χ2n) is 7.45. The van der Waals surface area contributed by atoms with Gasteiger partial charge >= 0.3 is 0 Å². The maximum absolute atomic E-state index is 12.8. The summed E-state index contributed by atoms with van der Waals surface area (Å²) in [6.45, 7) is 5.90. The zero-order chi connectivity index (χ0) is 20.8. The molecule has 1 fully saturated rings. The van der Waals surface area contributed by atoms with Crippen LogP contribution in [0, 0.1) is 5.92 Å². The average Bonchev–Trinajstić information content (AvgIpc) is 3.19. The molecule has 9 heteroatoms. The van der Waals surface area contributed by atoms with Crippen molar-refractivity contribution in [3.63, 3.8) is 0 Å². The number of methoxy groups -OCH3 is 1. The molecule has 3 rings (SSSR count). The monoisotopic (exact) mass is 418 g/mol. The van der Waals surface area contributed by atoms with Crippen molar-refractivity contribution >= 4 is 23.3 Å². The van der Waals surface area contributed by atoms with Gasteiger partial charge < -0.3 is 19.3 Å². The Bertz CT molecular complexity index is 828. The molecule has 0 radical (unpaired) electrons. The summed E-state index contributed by atoms with van der Waals surface area (Å²) in [6.07, 6.45) is -0.304. The lowest BCUT2D eigenvalue weighted by Crippen LogP contribution is -2.40. The van der Waals surface area contributed by atoms with E-state index >= 15 is 0 Å². The molecule has 8 nitrogen and oxygen atoms in total. The Morgan fingerprint density at radius 1 is 1.34 bits per heavy atom. The van der Waals surface area contributed by atoms with E-state index in [1.807, 2.05) is 24.3 Å². The summed E-state index contributed by atoms with van der Waals surface area (Å²) < 4.78 is 15.1. The van der Waals surface area contributed by atoms with Gasteiger partial charge in [0.25, 0.3) is 5.91 Å². The fraction of sp³-hybridized carbons (Fsp3) is 0.500. The van der Waals surface area contributed by atoms with Gasteiger partial charge in [-0.25, -0.2) is 0 Å². The van der Waals surface area contributed by atoms with Gasteiger partial charge in [0.15, 0.2) is 5.69 Å². The van der Waals surface area contributed by atoms with Crippen LogP contribution in [-0.4, -0.2) is 70.6 Å². The molecule has 1 atom stereocenters. The normalized spacial score (nSPS) is 17.5. The molecule has 29 heavy (non-hydrogen) atoms. The van der Waals surface area contributed by atoms with Crippen molar-refractivity contribution in [3.05, 3.63) is 40.9 Å². The van der Waals surface area contributed by atoms with Gasteiger partial charge in [0.1, 0.15) is 12.3 Å². The molecule has 0 saturated carbocycles. The zero-order valence-corrected chi connectivity index (χ0v) is 17.7. The summed E-state index contributed by atoms with van der Waals surface area (Å²) in [5, 5.41) is 5.44. The highest BCUT2D eigenvalue weighted by Gasteiger charge is 2.32. The van der Waals surface area contributed by atoms with E-state index in [0.717, 1.165) is 22.8 Å². The third-order valence-corrected chi connectivity index (χ3v) is 5.10. The lowest BCUT2D eigenvalue weighted by molar-refractivity contribution is -0.132. The highest BCUT2D eigenvalue weighted by atomic mass is 32.1. The molecule has 1 saturated heterocycles. The van der Waals surface area contributed by atoms with E-state index < -0.39 is 0 Å². The minimum absolute atomic E-state index is 0.0160. The number of benzene rings is 1. The van der Waals surface area contributed by atoms with Gasteiger partial charge in [0.2, 0.25) is 5.91 Å². The van der Waals surface area contributed by atoms with Crippen LogP contribution in [-0.2, 0) is 16.1 Å². The Hall–Kier alpha value is -2.52. The van der Waals surface area contributed by atoms with E-state index in [1.165, 1.54) is 4.90 Å². The van der Waals surface area contributed by atoms with Crippen molar-refractivity contribution in [3.8, 4) is 5.75 Å². The van der Waals surface area contributed by atoms with E-state index in [-0.39, 0.29) is 30.2 Å². The number of carbonyl (C=O) groups is 2. The number of amides is 2. The first-order chi connectivity index (χ1) is 14.0. The minimum atomic E-state index is -0.304. The van der Waals surface area contributed by atoms with Crippen molar-refractivity contribution < 1.29 is 19.1 Å². The summed E-state index contributed by atoms with van der Waals surface area (Å²) in [5.41, 5.74) is 1.23. The van der Waals surface area contributed by atoms with Crippen LogP contribution in [0.25, 0.3) is 0 Å². The zero-order valence-electron chi connectivity index (χ0n) is 16.9. The first-order valence-corrected chi connectivity index (χ1v) is 10.4. The van der Waals surface area contributed by atoms with Crippen molar-refractivity contribution in [2.24, 2.45) is 5.92 Å². The largest absolute Gasteiger partial charge is 0.497 e. The van der Waals surface area contributed by atoms with Gasteiger partial charge in [-0.3, -0.25) is 9.59 Å². The van der Waals surface area contributed by atoms with Gasteiger partial charge in [0, 0.05) is 25.0 Å². The summed E-state index contributed by atoms with van der Waals surface area (Å²) in [4.78, 5) is 28.8. The second-order valence-corrected chi connectivity index (χ2v) is 8.06. The summed E-state index contributed by atoms with van der Waals surface area (Å²) in [6, 6.07) is 7.66. The minimum Gasteiger partial charge on any atom is -0.497 e. The molecule has 2 aromatic rings. The molecular weight excluding hydrogens is 392 g/mol. The molecule has 1 unspecified atom stereocenters. The van der Waals surface area contributed by atoms with Gasteiger partial charge in [-0.05, 0) is 35.1 Å². The molecule has 0 N–H and O–H groups in total. The Morgan fingerprint density at radius 3 is 2.86 bits per heavy atom. The van der Waals surface area contributed by atoms with E-state index in [2.05, 4.69) is 23.4 Å². The molecule has 2 heterocycles. The SMILES string of the molecule is COc1cccc(COC2CN(CC(C)C)C(=O)CN(C(=O)c3csnn3)C2)c1. The Morgan fingerprint density at radius 2 is 2.17 bits per heavy atom. The van der Waals surface area contributed by atoms with Crippen LogP contribution >= 0.6 is 11.5 Å². The van der Waals surface area contributed by atoms with Crippen LogP contribution in [0.15, 0.2) is 29.6 Å². The first kappa shape index (κ1) is 21.2. The van der Waals surface area contributed by atoms with E-state index in [0.29, 0.717) is 32.2 Å². The van der Waals surface area contributed by atoms with E-state index in [9.17, 15) is 9.59 Å². The lowest BCUT2D eigenvalue weighted by atomic mass is 10.2. The molecule has 1 aliphatic rings. The standard InChI is InChI=1S/C20H26N4O4S/c1-14(2)8-23-9-17(28-12-15-5-4-6-16(7-15)27-3)10-24(11-19(23)25)20(26)18-13-29-22-21-18/h4-7,13-14,17H,8-12H2,1-3H3. The number of hydrogen-bond acceptors (Lipinski definition) is 7. The van der Waals surface area contributed by atoms with Crippen molar-refractivity contribution in [1.29, 1.82) is 0 Å². The van der Waals surface area contributed by atoms with Crippen LogP contribution in [0.4, 0.5) is 0 Å². The van der Waals surface area contributed by atoms with Crippen molar-refractivity contribution in [2.75, 3.05) is 33.3 Å². The topological polar surface area (TPSA) is 84.9 Å². The van der Waals surface area contributed by atoms with Crippen molar-refractivity contribution in [2.45, 2.75) is 26.6 Å². The molecule has 0 aliphatic carbocycles. The highest BCUT2D eigenvalue weighted by molar-refractivity contribution is 7.03. The molecule has 1 aliphatic heterocycles. The smallest absolute Gasteiger partial charge is 0.275 e. The van der Waals surface area contributed by atoms with Gasteiger partial charge in [-0.2, -0.15) is 0 Å².